The summed E-state index contributed by atoms with van der Waals surface area (Å²) >= 11 is 5.94. The topological polar surface area (TPSA) is 67.9 Å². The van der Waals surface area contributed by atoms with Crippen molar-refractivity contribution in [2.24, 2.45) is 5.92 Å². The Morgan fingerprint density at radius 1 is 1.30 bits per heavy atom. The Bertz CT molecular complexity index is 571. The molecule has 1 aromatic rings. The minimum Gasteiger partial charge on any atom is -0.496 e. The van der Waals surface area contributed by atoms with Crippen molar-refractivity contribution in [3.63, 3.8) is 0 Å². The van der Waals surface area contributed by atoms with Gasteiger partial charge in [-0.15, -0.1) is 0 Å². The van der Waals surface area contributed by atoms with Crippen LogP contribution in [0.5, 0.6) is 5.75 Å². The van der Waals surface area contributed by atoms with Crippen LogP contribution in [0.25, 0.3) is 0 Å². The number of amides is 2. The third-order valence-electron chi connectivity index (χ3n) is 4.00. The summed E-state index contributed by atoms with van der Waals surface area (Å²) in [7, 11) is 2.90. The molecule has 1 aliphatic rings. The molecule has 0 aliphatic carbocycles. The second-order valence-corrected chi connectivity index (χ2v) is 5.89. The van der Waals surface area contributed by atoms with Gasteiger partial charge in [0.2, 0.25) is 0 Å². The van der Waals surface area contributed by atoms with E-state index in [4.69, 9.17) is 21.1 Å². The molecule has 1 aliphatic heterocycles. The Morgan fingerprint density at radius 3 is 2.61 bits per heavy atom. The van der Waals surface area contributed by atoms with E-state index in [1.165, 1.54) is 14.2 Å². The Morgan fingerprint density at radius 2 is 2.00 bits per heavy atom. The minimum atomic E-state index is -0.295. The number of carbonyl (C=O) groups excluding carboxylic acids is 2. The molecule has 0 radical (unpaired) electrons. The van der Waals surface area contributed by atoms with Gasteiger partial charge in [0, 0.05) is 24.7 Å². The van der Waals surface area contributed by atoms with Crippen molar-refractivity contribution >= 4 is 23.6 Å². The van der Waals surface area contributed by atoms with Crippen LogP contribution in [0.15, 0.2) is 18.2 Å². The Labute approximate surface area is 140 Å². The molecule has 1 aromatic carbocycles. The lowest BCUT2D eigenvalue weighted by Gasteiger charge is -2.30. The molecule has 1 heterocycles. The van der Waals surface area contributed by atoms with E-state index in [2.05, 4.69) is 5.32 Å². The number of nitrogens with zero attached hydrogens (tertiary/aromatic N) is 1. The maximum Gasteiger partial charge on any atom is 0.409 e. The summed E-state index contributed by atoms with van der Waals surface area (Å²) in [4.78, 5) is 25.4. The first-order chi connectivity index (χ1) is 11.0. The molecular formula is C16H21ClN2O4. The lowest BCUT2D eigenvalue weighted by Crippen LogP contribution is -2.41. The number of carbonyl (C=O) groups is 2. The first kappa shape index (κ1) is 17.4. The van der Waals surface area contributed by atoms with Crippen LogP contribution in [0.1, 0.15) is 23.2 Å². The number of likely N-dealkylation sites (tertiary alicyclic amines) is 1. The largest absolute Gasteiger partial charge is 0.496 e. The molecule has 6 nitrogen and oxygen atoms in total. The van der Waals surface area contributed by atoms with E-state index >= 15 is 0 Å². The summed E-state index contributed by atoms with van der Waals surface area (Å²) in [5.74, 6) is 0.622. The highest BCUT2D eigenvalue weighted by molar-refractivity contribution is 6.31. The number of benzene rings is 1. The smallest absolute Gasteiger partial charge is 0.409 e. The van der Waals surface area contributed by atoms with Crippen molar-refractivity contribution in [1.82, 2.24) is 10.2 Å². The molecule has 0 saturated carbocycles. The fraction of sp³-hybridized carbons (Fsp3) is 0.500. The summed E-state index contributed by atoms with van der Waals surface area (Å²) in [5, 5.41) is 3.40. The molecular weight excluding hydrogens is 320 g/mol. The monoisotopic (exact) mass is 340 g/mol. The van der Waals surface area contributed by atoms with Crippen molar-refractivity contribution < 1.29 is 19.1 Å². The highest BCUT2D eigenvalue weighted by Gasteiger charge is 2.24. The van der Waals surface area contributed by atoms with E-state index in [1.54, 1.807) is 23.1 Å². The molecule has 2 amide bonds. The van der Waals surface area contributed by atoms with Crippen LogP contribution in [-0.4, -0.2) is 50.8 Å². The number of ether oxygens (including phenoxy) is 2. The van der Waals surface area contributed by atoms with Crippen molar-refractivity contribution in [3.8, 4) is 5.75 Å². The maximum absolute atomic E-state index is 12.3. The van der Waals surface area contributed by atoms with Gasteiger partial charge in [-0.2, -0.15) is 0 Å². The summed E-state index contributed by atoms with van der Waals surface area (Å²) in [5.41, 5.74) is 0.423. The second kappa shape index (κ2) is 8.06. The first-order valence-corrected chi connectivity index (χ1v) is 7.87. The summed E-state index contributed by atoms with van der Waals surface area (Å²) in [6.07, 6.45) is 1.38. The molecule has 0 spiro atoms. The molecule has 0 aromatic heterocycles. The molecule has 0 unspecified atom stereocenters. The Hall–Kier alpha value is -1.95. The predicted molar refractivity (Wildman–Crippen MR) is 87.0 cm³/mol. The van der Waals surface area contributed by atoms with Crippen molar-refractivity contribution in [3.05, 3.63) is 28.8 Å². The highest BCUT2D eigenvalue weighted by atomic mass is 35.5. The number of hydrogen-bond donors (Lipinski definition) is 1. The number of hydrogen-bond acceptors (Lipinski definition) is 4. The van der Waals surface area contributed by atoms with Gasteiger partial charge >= 0.3 is 6.09 Å². The minimum absolute atomic E-state index is 0.209. The van der Waals surface area contributed by atoms with Crippen LogP contribution in [0.2, 0.25) is 5.02 Å². The van der Waals surface area contributed by atoms with E-state index in [-0.39, 0.29) is 12.0 Å². The van der Waals surface area contributed by atoms with Crippen LogP contribution < -0.4 is 10.1 Å². The van der Waals surface area contributed by atoms with E-state index < -0.39 is 0 Å². The number of halogens is 1. The zero-order chi connectivity index (χ0) is 16.8. The standard InChI is InChI=1S/C16H21ClN2O4/c1-22-14-4-3-12(17)9-13(14)15(20)18-10-11-5-7-19(8-6-11)16(21)23-2/h3-4,9,11H,5-8,10H2,1-2H3,(H,18,20). The molecule has 1 saturated heterocycles. The average molecular weight is 341 g/mol. The van der Waals surface area contributed by atoms with Crippen LogP contribution in [0.3, 0.4) is 0 Å². The molecule has 1 N–H and O–H groups in total. The normalized spacial score (nSPS) is 15.2. The number of methoxy groups -OCH3 is 2. The third kappa shape index (κ3) is 4.51. The number of piperidine rings is 1. The van der Waals surface area contributed by atoms with Crippen LogP contribution in [0, 0.1) is 5.92 Å². The number of rotatable bonds is 4. The van der Waals surface area contributed by atoms with E-state index in [0.717, 1.165) is 12.8 Å². The summed E-state index contributed by atoms with van der Waals surface area (Å²) in [6.45, 7) is 1.85. The van der Waals surface area contributed by atoms with Crippen molar-refractivity contribution in [2.75, 3.05) is 33.9 Å². The van der Waals surface area contributed by atoms with Crippen molar-refractivity contribution in [2.45, 2.75) is 12.8 Å². The lowest BCUT2D eigenvalue weighted by molar-refractivity contribution is 0.0911. The third-order valence-corrected chi connectivity index (χ3v) is 4.24. The van der Waals surface area contributed by atoms with Crippen LogP contribution in [0.4, 0.5) is 4.79 Å². The Balaban J connectivity index is 1.86. The molecule has 0 bridgehead atoms. The average Bonchev–Trinajstić information content (AvgIpc) is 2.59. The van der Waals surface area contributed by atoms with Gasteiger partial charge < -0.3 is 19.7 Å². The zero-order valence-electron chi connectivity index (χ0n) is 13.3. The van der Waals surface area contributed by atoms with Crippen LogP contribution >= 0.6 is 11.6 Å². The second-order valence-electron chi connectivity index (χ2n) is 5.46. The molecule has 7 heteroatoms. The fourth-order valence-electron chi connectivity index (χ4n) is 2.64. The Kier molecular flexibility index (Phi) is 6.10. The first-order valence-electron chi connectivity index (χ1n) is 7.49. The molecule has 23 heavy (non-hydrogen) atoms. The van der Waals surface area contributed by atoms with Gasteiger partial charge in [0.25, 0.3) is 5.91 Å². The van der Waals surface area contributed by atoms with Gasteiger partial charge in [-0.3, -0.25) is 4.79 Å². The highest BCUT2D eigenvalue weighted by Crippen LogP contribution is 2.23. The number of nitrogens with one attached hydrogen (secondary N) is 1. The predicted octanol–water partition coefficient (Wildman–Crippen LogP) is 2.56. The molecule has 0 atom stereocenters. The van der Waals surface area contributed by atoms with Gasteiger partial charge in [0.15, 0.2) is 0 Å². The SMILES string of the molecule is COC(=O)N1CCC(CNC(=O)c2cc(Cl)ccc2OC)CC1. The maximum atomic E-state index is 12.3. The van der Waals surface area contributed by atoms with Crippen LogP contribution in [-0.2, 0) is 4.74 Å². The lowest BCUT2D eigenvalue weighted by atomic mass is 9.97. The quantitative estimate of drug-likeness (QED) is 0.914. The van der Waals surface area contributed by atoms with E-state index in [1.807, 2.05) is 0 Å². The molecule has 126 valence electrons. The summed E-state index contributed by atoms with van der Waals surface area (Å²) in [6, 6.07) is 4.95. The summed E-state index contributed by atoms with van der Waals surface area (Å²) < 4.78 is 9.90. The molecule has 2 rings (SSSR count). The van der Waals surface area contributed by atoms with Gasteiger partial charge in [-0.25, -0.2) is 4.79 Å². The van der Waals surface area contributed by atoms with E-state index in [0.29, 0.717) is 41.9 Å². The zero-order valence-corrected chi connectivity index (χ0v) is 14.1. The van der Waals surface area contributed by atoms with Gasteiger partial charge in [-0.05, 0) is 37.0 Å². The fourth-order valence-corrected chi connectivity index (χ4v) is 2.81. The van der Waals surface area contributed by atoms with Gasteiger partial charge in [0.1, 0.15) is 5.75 Å². The van der Waals surface area contributed by atoms with Gasteiger partial charge in [-0.1, -0.05) is 11.6 Å². The van der Waals surface area contributed by atoms with Crippen molar-refractivity contribution in [1.29, 1.82) is 0 Å². The molecule has 1 fully saturated rings. The van der Waals surface area contributed by atoms with Gasteiger partial charge in [0.05, 0.1) is 19.8 Å². The van der Waals surface area contributed by atoms with E-state index in [9.17, 15) is 9.59 Å².